The average molecular weight is 579 g/mol. The number of hydrogen-bond donors (Lipinski definition) is 3. The number of esters is 1. The van der Waals surface area contributed by atoms with Crippen molar-refractivity contribution in [3.8, 4) is 0 Å². The van der Waals surface area contributed by atoms with Gasteiger partial charge in [-0.05, 0) is 55.4 Å². The summed E-state index contributed by atoms with van der Waals surface area (Å²) >= 11 is 1.01. The third-order valence-corrected chi connectivity index (χ3v) is 5.76. The average Bonchev–Trinajstić information content (AvgIpc) is 3.47. The van der Waals surface area contributed by atoms with E-state index < -0.39 is 52.8 Å². The van der Waals surface area contributed by atoms with Crippen LogP contribution in [0.25, 0.3) is 0 Å². The molecule has 1 aliphatic rings. The summed E-state index contributed by atoms with van der Waals surface area (Å²) in [6, 6.07) is -1.33. The monoisotopic (exact) mass is 578 g/mol. The van der Waals surface area contributed by atoms with Crippen molar-refractivity contribution in [2.45, 2.75) is 90.8 Å². The summed E-state index contributed by atoms with van der Waals surface area (Å²) in [4.78, 5) is 60.2. The van der Waals surface area contributed by atoms with Crippen molar-refractivity contribution in [2.75, 3.05) is 5.32 Å². The highest BCUT2D eigenvalue weighted by Crippen LogP contribution is 2.21. The molecule has 0 radical (unpaired) electrons. The molecule has 0 unspecified atom stereocenters. The van der Waals surface area contributed by atoms with Gasteiger partial charge in [-0.3, -0.25) is 14.9 Å². The summed E-state index contributed by atoms with van der Waals surface area (Å²) in [5, 5.41) is 20.8. The van der Waals surface area contributed by atoms with Crippen LogP contribution in [0, 0.1) is 0 Å². The van der Waals surface area contributed by atoms with Crippen LogP contribution in [0.2, 0.25) is 0 Å². The first-order valence-corrected chi connectivity index (χ1v) is 13.2. The Balaban J connectivity index is 1.83. The van der Waals surface area contributed by atoms with Crippen molar-refractivity contribution >= 4 is 46.1 Å². The van der Waals surface area contributed by atoms with Crippen LogP contribution in [0.1, 0.15) is 61.1 Å². The Morgan fingerprint density at radius 2 is 1.68 bits per heavy atom. The van der Waals surface area contributed by atoms with Crippen molar-refractivity contribution in [3.05, 3.63) is 23.7 Å². The molecule has 3 heterocycles. The maximum atomic E-state index is 13.4. The highest BCUT2D eigenvalue weighted by molar-refractivity contribution is 7.14. The van der Waals surface area contributed by atoms with Crippen LogP contribution in [0.15, 0.2) is 23.2 Å². The van der Waals surface area contributed by atoms with E-state index in [0.717, 1.165) is 11.3 Å². The van der Waals surface area contributed by atoms with Crippen LogP contribution in [0.4, 0.5) is 9.93 Å². The number of rotatable bonds is 9. The topological polar surface area (TPSA) is 188 Å². The number of ether oxygens (including phenoxy) is 2. The maximum absolute atomic E-state index is 13.4. The van der Waals surface area contributed by atoms with E-state index in [9.17, 15) is 19.2 Å². The molecule has 0 spiro atoms. The van der Waals surface area contributed by atoms with Crippen LogP contribution in [-0.4, -0.2) is 78.2 Å². The van der Waals surface area contributed by atoms with Gasteiger partial charge in [-0.15, -0.1) is 21.5 Å². The molecule has 3 N–H and O–H groups in total. The quantitative estimate of drug-likeness (QED) is 0.171. The highest BCUT2D eigenvalue weighted by Gasteiger charge is 2.42. The van der Waals surface area contributed by atoms with Gasteiger partial charge in [0.15, 0.2) is 10.8 Å². The molecule has 16 heteroatoms. The molecule has 1 saturated heterocycles. The highest BCUT2D eigenvalue weighted by atomic mass is 32.1. The zero-order valence-corrected chi connectivity index (χ0v) is 24.4. The smallest absolute Gasteiger partial charge is 0.413 e. The number of aromatic nitrogens is 4. The summed E-state index contributed by atoms with van der Waals surface area (Å²) in [7, 11) is 0. The largest absolute Gasteiger partial charge is 0.457 e. The number of thiazole rings is 1. The minimum atomic E-state index is -1.57. The lowest BCUT2D eigenvalue weighted by molar-refractivity contribution is -0.179. The van der Waals surface area contributed by atoms with E-state index in [1.165, 1.54) is 31.9 Å². The predicted molar refractivity (Wildman–Crippen MR) is 143 cm³/mol. The zero-order valence-electron chi connectivity index (χ0n) is 23.6. The maximum Gasteiger partial charge on any atom is 0.413 e. The molecule has 40 heavy (non-hydrogen) atoms. The van der Waals surface area contributed by atoms with Crippen molar-refractivity contribution < 1.29 is 33.5 Å². The normalized spacial score (nSPS) is 17.8. The Kier molecular flexibility index (Phi) is 8.81. The number of nitrogens with zero attached hydrogens (tertiary/aromatic N) is 5. The first kappa shape index (κ1) is 30.5. The van der Waals surface area contributed by atoms with Crippen molar-refractivity contribution in [1.82, 2.24) is 30.4 Å². The molecular weight excluding hydrogens is 544 g/mol. The molecule has 2 aromatic rings. The molecule has 218 valence electrons. The Labute approximate surface area is 235 Å². The number of carbonyl (C=O) groups is 4. The van der Waals surface area contributed by atoms with Gasteiger partial charge < -0.3 is 29.5 Å². The van der Waals surface area contributed by atoms with E-state index in [1.807, 2.05) is 0 Å². The lowest BCUT2D eigenvalue weighted by Gasteiger charge is -2.37. The zero-order chi connectivity index (χ0) is 29.9. The van der Waals surface area contributed by atoms with Gasteiger partial charge in [-0.1, -0.05) is 5.16 Å². The van der Waals surface area contributed by atoms with Crippen LogP contribution in [-0.2, 0) is 35.2 Å². The van der Waals surface area contributed by atoms with Crippen molar-refractivity contribution in [1.29, 1.82) is 0 Å². The molecule has 2 atom stereocenters. The van der Waals surface area contributed by atoms with E-state index >= 15 is 0 Å². The minimum Gasteiger partial charge on any atom is -0.457 e. The third kappa shape index (κ3) is 8.46. The van der Waals surface area contributed by atoms with E-state index in [0.29, 0.717) is 6.54 Å². The van der Waals surface area contributed by atoms with Gasteiger partial charge in [0.05, 0.1) is 6.04 Å². The van der Waals surface area contributed by atoms with Crippen LogP contribution >= 0.6 is 11.3 Å². The second-order valence-corrected chi connectivity index (χ2v) is 12.3. The summed E-state index contributed by atoms with van der Waals surface area (Å²) in [6.07, 6.45) is 2.23. The van der Waals surface area contributed by atoms with Crippen molar-refractivity contribution in [3.63, 3.8) is 0 Å². The third-order valence-electron chi connectivity index (χ3n) is 5.00. The van der Waals surface area contributed by atoms with Crippen LogP contribution < -0.4 is 16.0 Å². The molecule has 3 rings (SSSR count). The van der Waals surface area contributed by atoms with E-state index in [-0.39, 0.29) is 16.5 Å². The fourth-order valence-corrected chi connectivity index (χ4v) is 3.83. The summed E-state index contributed by atoms with van der Waals surface area (Å²) in [6.45, 7) is 13.5. The molecule has 1 aliphatic heterocycles. The van der Waals surface area contributed by atoms with E-state index in [1.54, 1.807) is 46.1 Å². The Morgan fingerprint density at radius 1 is 1.05 bits per heavy atom. The number of carbonyl (C=O) groups excluding carboxylic acids is 4. The van der Waals surface area contributed by atoms with Gasteiger partial charge in [0.25, 0.3) is 5.91 Å². The molecular formula is C24H34N8O7S. The lowest BCUT2D eigenvalue weighted by atomic mass is 9.98. The molecule has 1 fully saturated rings. The summed E-state index contributed by atoms with van der Waals surface area (Å²) in [5.74, 6) is -1.89. The number of nitrogens with one attached hydrogen (secondary N) is 3. The van der Waals surface area contributed by atoms with Crippen LogP contribution in [0.3, 0.4) is 0 Å². The fourth-order valence-electron chi connectivity index (χ4n) is 3.15. The van der Waals surface area contributed by atoms with Gasteiger partial charge >= 0.3 is 12.1 Å². The molecule has 0 bridgehead atoms. The molecule has 0 aromatic carbocycles. The Bertz CT molecular complexity index is 1270. The number of β-lactam (4-membered cyclic amide) rings is 1. The SMILES string of the molecule is CC(C)(C)OC(=O)Nc1nc(/C(=N/OC(C)(C)C(=O)OC(C)(C)C)C(=O)N[C@@H]2C(=O)N[C@@H]2Cn2cnnc2)cs1. The Hall–Kier alpha value is -4.08. The van der Waals surface area contributed by atoms with Gasteiger partial charge in [-0.2, -0.15) is 0 Å². The number of amides is 3. The van der Waals surface area contributed by atoms with Gasteiger partial charge in [0.2, 0.25) is 11.5 Å². The number of hydrogen-bond acceptors (Lipinski definition) is 12. The number of oxime groups is 1. The molecule has 2 aromatic heterocycles. The fraction of sp³-hybridized carbons (Fsp3) is 0.583. The first-order valence-electron chi connectivity index (χ1n) is 12.3. The molecule has 0 saturated carbocycles. The van der Waals surface area contributed by atoms with Crippen LogP contribution in [0.5, 0.6) is 0 Å². The van der Waals surface area contributed by atoms with Crippen molar-refractivity contribution in [2.24, 2.45) is 5.16 Å². The molecule has 3 amide bonds. The molecule has 15 nitrogen and oxygen atoms in total. The number of anilines is 1. The summed E-state index contributed by atoms with van der Waals surface area (Å²) < 4.78 is 12.3. The van der Waals surface area contributed by atoms with Gasteiger partial charge in [0, 0.05) is 11.9 Å². The summed E-state index contributed by atoms with van der Waals surface area (Å²) in [5.41, 5.74) is -3.38. The standard InChI is InChI=1S/C24H34N8O7S/c1-22(2,3)37-19(35)24(7,8)39-31-16(14-10-40-20(28-14)30-21(36)38-23(4,5)6)18(34)29-15-13(27-17(15)33)9-32-11-25-26-12-32/h10-13,15H,9H2,1-8H3,(H,27,33)(H,29,34)(H,28,30,36)/b31-16-/t13-,15+/m1/s1. The van der Waals surface area contributed by atoms with Gasteiger partial charge in [0.1, 0.15) is 35.6 Å². The predicted octanol–water partition coefficient (Wildman–Crippen LogP) is 1.61. The minimum absolute atomic E-state index is 0.0311. The first-order chi connectivity index (χ1) is 18.4. The lowest BCUT2D eigenvalue weighted by Crippen LogP contribution is -2.70. The second kappa shape index (κ2) is 11.6. The molecule has 0 aliphatic carbocycles. The van der Waals surface area contributed by atoms with E-state index in [2.05, 4.69) is 36.3 Å². The Morgan fingerprint density at radius 3 is 2.25 bits per heavy atom. The van der Waals surface area contributed by atoms with E-state index in [4.69, 9.17) is 14.3 Å². The second-order valence-electron chi connectivity index (χ2n) is 11.4. The van der Waals surface area contributed by atoms with Gasteiger partial charge in [-0.25, -0.2) is 14.6 Å².